The van der Waals surface area contributed by atoms with Gasteiger partial charge in [-0.1, -0.05) is 20.8 Å². The molecule has 1 amide bonds. The van der Waals surface area contributed by atoms with Gasteiger partial charge in [-0.05, 0) is 30.6 Å². The van der Waals surface area contributed by atoms with E-state index in [1.807, 2.05) is 0 Å². The summed E-state index contributed by atoms with van der Waals surface area (Å²) >= 11 is 0. The molecule has 0 bridgehead atoms. The average Bonchev–Trinajstić information content (AvgIpc) is 2.23. The van der Waals surface area contributed by atoms with E-state index in [-0.39, 0.29) is 11.5 Å². The van der Waals surface area contributed by atoms with Gasteiger partial charge in [0.05, 0.1) is 6.42 Å². The Morgan fingerprint density at radius 3 is 2.43 bits per heavy atom. The first kappa shape index (κ1) is 17.5. The summed E-state index contributed by atoms with van der Waals surface area (Å²) in [6, 6.07) is -1.12. The van der Waals surface area contributed by atoms with Crippen molar-refractivity contribution in [1.29, 1.82) is 0 Å². The third-order valence-corrected chi connectivity index (χ3v) is 3.67. The molecule has 0 aromatic rings. The molecule has 120 valence electrons. The van der Waals surface area contributed by atoms with E-state index in [9.17, 15) is 14.4 Å². The summed E-state index contributed by atoms with van der Waals surface area (Å²) in [6.45, 7) is 7.62. The third-order valence-electron chi connectivity index (χ3n) is 3.67. The van der Waals surface area contributed by atoms with Crippen molar-refractivity contribution >= 4 is 17.8 Å². The van der Waals surface area contributed by atoms with E-state index >= 15 is 0 Å². The van der Waals surface area contributed by atoms with Gasteiger partial charge in [0.15, 0.2) is 0 Å². The molecule has 21 heavy (non-hydrogen) atoms. The molecule has 3 atom stereocenters. The molecule has 0 aromatic heterocycles. The molecule has 6 heteroatoms. The van der Waals surface area contributed by atoms with Gasteiger partial charge in [-0.25, -0.2) is 4.79 Å². The van der Waals surface area contributed by atoms with Crippen molar-refractivity contribution in [3.63, 3.8) is 0 Å². The molecule has 0 spiro atoms. The van der Waals surface area contributed by atoms with Crippen molar-refractivity contribution < 1.29 is 24.2 Å². The Morgan fingerprint density at radius 1 is 1.33 bits per heavy atom. The highest BCUT2D eigenvalue weighted by Gasteiger charge is 2.35. The monoisotopic (exact) mass is 299 g/mol. The Bertz CT molecular complexity index is 402. The van der Waals surface area contributed by atoms with Gasteiger partial charge in [-0.2, -0.15) is 0 Å². The highest BCUT2D eigenvalue weighted by Crippen LogP contribution is 2.39. The van der Waals surface area contributed by atoms with Crippen molar-refractivity contribution in [3.05, 3.63) is 0 Å². The second-order valence-electron chi connectivity index (χ2n) is 6.82. The average molecular weight is 299 g/mol. The first-order valence-corrected chi connectivity index (χ1v) is 7.28. The second kappa shape index (κ2) is 6.91. The summed E-state index contributed by atoms with van der Waals surface area (Å²) in [5.41, 5.74) is 0.0961. The number of ether oxygens (including phenoxy) is 1. The van der Waals surface area contributed by atoms with E-state index in [4.69, 9.17) is 9.84 Å². The first-order valence-electron chi connectivity index (χ1n) is 7.28. The third kappa shape index (κ3) is 6.14. The van der Waals surface area contributed by atoms with Crippen LogP contribution in [0.5, 0.6) is 0 Å². The zero-order valence-electron chi connectivity index (χ0n) is 13.1. The molecule has 1 fully saturated rings. The number of carbonyl (C=O) groups is 3. The molecule has 3 unspecified atom stereocenters. The molecule has 1 rings (SSSR count). The van der Waals surface area contributed by atoms with E-state index in [0.29, 0.717) is 5.92 Å². The van der Waals surface area contributed by atoms with Crippen LogP contribution in [0.3, 0.4) is 0 Å². The van der Waals surface area contributed by atoms with Crippen LogP contribution < -0.4 is 5.32 Å². The fourth-order valence-electron chi connectivity index (χ4n) is 3.21. The highest BCUT2D eigenvalue weighted by molar-refractivity contribution is 5.87. The van der Waals surface area contributed by atoms with Crippen LogP contribution in [0, 0.1) is 11.3 Å². The maximum absolute atomic E-state index is 12.1. The zero-order chi connectivity index (χ0) is 16.2. The maximum Gasteiger partial charge on any atom is 0.329 e. The minimum absolute atomic E-state index is 0.0961. The number of carboxylic acids is 1. The Labute approximate surface area is 125 Å². The maximum atomic E-state index is 12.1. The van der Waals surface area contributed by atoms with Crippen molar-refractivity contribution in [2.75, 3.05) is 0 Å². The van der Waals surface area contributed by atoms with Gasteiger partial charge >= 0.3 is 11.9 Å². The van der Waals surface area contributed by atoms with Gasteiger partial charge in [-0.3, -0.25) is 9.59 Å². The van der Waals surface area contributed by atoms with Gasteiger partial charge in [-0.15, -0.1) is 0 Å². The number of esters is 1. The van der Waals surface area contributed by atoms with Crippen LogP contribution in [0.4, 0.5) is 0 Å². The number of carboxylic acid groups (broad SMARTS) is 1. The summed E-state index contributed by atoms with van der Waals surface area (Å²) < 4.78 is 5.44. The molecule has 1 aliphatic carbocycles. The van der Waals surface area contributed by atoms with Crippen LogP contribution in [-0.2, 0) is 19.1 Å². The van der Waals surface area contributed by atoms with Crippen LogP contribution in [0.15, 0.2) is 0 Å². The smallest absolute Gasteiger partial charge is 0.329 e. The largest absolute Gasteiger partial charge is 0.481 e. The van der Waals surface area contributed by atoms with Gasteiger partial charge in [0, 0.05) is 6.92 Å². The van der Waals surface area contributed by atoms with Crippen LogP contribution in [0.1, 0.15) is 53.4 Å². The standard InChI is InChI=1S/C15H25NO5/c1-9-5-11(8-15(3,4)7-9)21-14(20)12(6-13(18)19)16-10(2)17/h9,11-12H,5-8H2,1-4H3,(H,16,17)(H,18,19). The summed E-state index contributed by atoms with van der Waals surface area (Å²) in [5, 5.41) is 11.2. The Morgan fingerprint density at radius 2 is 1.95 bits per heavy atom. The number of hydrogen-bond donors (Lipinski definition) is 2. The van der Waals surface area contributed by atoms with Crippen LogP contribution >= 0.6 is 0 Å². The molecule has 0 heterocycles. The van der Waals surface area contributed by atoms with Crippen LogP contribution in [0.2, 0.25) is 0 Å². The van der Waals surface area contributed by atoms with Crippen molar-refractivity contribution in [2.45, 2.75) is 65.5 Å². The minimum atomic E-state index is -1.15. The van der Waals surface area contributed by atoms with Gasteiger partial charge < -0.3 is 15.2 Å². The van der Waals surface area contributed by atoms with E-state index < -0.39 is 30.3 Å². The summed E-state index contributed by atoms with van der Waals surface area (Å²) in [6.07, 6.45) is 1.91. The van der Waals surface area contributed by atoms with E-state index in [1.165, 1.54) is 6.92 Å². The van der Waals surface area contributed by atoms with Crippen LogP contribution in [0.25, 0.3) is 0 Å². The Balaban J connectivity index is 2.67. The van der Waals surface area contributed by atoms with E-state index in [1.54, 1.807) is 0 Å². The van der Waals surface area contributed by atoms with Crippen molar-refractivity contribution in [1.82, 2.24) is 5.32 Å². The molecule has 0 aromatic carbocycles. The lowest BCUT2D eigenvalue weighted by Gasteiger charge is -2.38. The Hall–Kier alpha value is -1.59. The van der Waals surface area contributed by atoms with E-state index in [0.717, 1.165) is 19.3 Å². The molecular formula is C15H25NO5. The fraction of sp³-hybridized carbons (Fsp3) is 0.800. The number of nitrogens with one attached hydrogen (secondary N) is 1. The van der Waals surface area contributed by atoms with Gasteiger partial charge in [0.1, 0.15) is 12.1 Å². The number of hydrogen-bond acceptors (Lipinski definition) is 4. The topological polar surface area (TPSA) is 92.7 Å². The predicted octanol–water partition coefficient (Wildman–Crippen LogP) is 1.72. The molecular weight excluding hydrogens is 274 g/mol. The molecule has 0 radical (unpaired) electrons. The SMILES string of the molecule is CC(=O)NC(CC(=O)O)C(=O)OC1CC(C)CC(C)(C)C1. The second-order valence-corrected chi connectivity index (χ2v) is 6.82. The summed E-state index contributed by atoms with van der Waals surface area (Å²) in [4.78, 5) is 34.0. The molecule has 6 nitrogen and oxygen atoms in total. The quantitative estimate of drug-likeness (QED) is 0.754. The normalized spacial score (nSPS) is 25.7. The van der Waals surface area contributed by atoms with Gasteiger partial charge in [0.2, 0.25) is 5.91 Å². The van der Waals surface area contributed by atoms with Gasteiger partial charge in [0.25, 0.3) is 0 Å². The Kier molecular flexibility index (Phi) is 5.75. The molecule has 0 aliphatic heterocycles. The number of aliphatic carboxylic acids is 1. The fourth-order valence-corrected chi connectivity index (χ4v) is 3.21. The first-order chi connectivity index (χ1) is 9.59. The lowest BCUT2D eigenvalue weighted by atomic mass is 9.71. The highest BCUT2D eigenvalue weighted by atomic mass is 16.5. The summed E-state index contributed by atoms with van der Waals surface area (Å²) in [5.74, 6) is -1.81. The number of carbonyl (C=O) groups excluding carboxylic acids is 2. The van der Waals surface area contributed by atoms with E-state index in [2.05, 4.69) is 26.1 Å². The number of amides is 1. The lowest BCUT2D eigenvalue weighted by Crippen LogP contribution is -2.44. The summed E-state index contributed by atoms with van der Waals surface area (Å²) in [7, 11) is 0. The molecule has 0 saturated heterocycles. The molecule has 2 N–H and O–H groups in total. The molecule has 1 saturated carbocycles. The van der Waals surface area contributed by atoms with Crippen molar-refractivity contribution in [3.8, 4) is 0 Å². The number of rotatable bonds is 5. The predicted molar refractivity (Wildman–Crippen MR) is 76.5 cm³/mol. The zero-order valence-corrected chi connectivity index (χ0v) is 13.1. The molecule has 1 aliphatic rings. The van der Waals surface area contributed by atoms with Crippen LogP contribution in [-0.4, -0.2) is 35.1 Å². The minimum Gasteiger partial charge on any atom is -0.481 e. The van der Waals surface area contributed by atoms with Crippen molar-refractivity contribution in [2.24, 2.45) is 11.3 Å². The lowest BCUT2D eigenvalue weighted by molar-refractivity contribution is -0.159.